The Labute approximate surface area is 144 Å². The van der Waals surface area contributed by atoms with Crippen LogP contribution in [0.4, 0.5) is 0 Å². The highest BCUT2D eigenvalue weighted by Crippen LogP contribution is 2.36. The van der Waals surface area contributed by atoms with E-state index in [0.717, 1.165) is 25.9 Å². The van der Waals surface area contributed by atoms with Gasteiger partial charge in [0.1, 0.15) is 0 Å². The summed E-state index contributed by atoms with van der Waals surface area (Å²) in [7, 11) is -3.34. The highest BCUT2D eigenvalue weighted by Gasteiger charge is 2.47. The minimum atomic E-state index is -3.34. The second kappa shape index (κ2) is 6.03. The molecule has 3 rings (SSSR count). The van der Waals surface area contributed by atoms with E-state index < -0.39 is 10.0 Å². The van der Waals surface area contributed by atoms with Crippen LogP contribution in [-0.4, -0.2) is 48.3 Å². The van der Waals surface area contributed by atoms with Gasteiger partial charge < -0.3 is 0 Å². The summed E-state index contributed by atoms with van der Waals surface area (Å²) >= 11 is 6.15. The molecule has 6 heteroatoms. The van der Waals surface area contributed by atoms with E-state index in [9.17, 15) is 8.42 Å². The van der Waals surface area contributed by atoms with Crippen LogP contribution in [0.15, 0.2) is 24.3 Å². The van der Waals surface area contributed by atoms with Crippen molar-refractivity contribution >= 4 is 21.6 Å². The Hall–Kier alpha value is -0.620. The Bertz CT molecular complexity index is 670. The third-order valence-corrected chi connectivity index (χ3v) is 7.26. The van der Waals surface area contributed by atoms with Gasteiger partial charge in [-0.2, -0.15) is 4.31 Å². The first-order chi connectivity index (χ1) is 10.7. The normalized spacial score (nSPS) is 26.6. The van der Waals surface area contributed by atoms with Crippen LogP contribution in [-0.2, 0) is 15.8 Å². The number of piperazine rings is 1. The molecule has 128 valence electrons. The van der Waals surface area contributed by atoms with Crippen LogP contribution in [0.25, 0.3) is 0 Å². The zero-order valence-corrected chi connectivity index (χ0v) is 15.6. The van der Waals surface area contributed by atoms with E-state index in [1.54, 1.807) is 16.4 Å². The maximum Gasteiger partial charge on any atom is 0.218 e. The fraction of sp³-hybridized carbons (Fsp3) is 0.647. The van der Waals surface area contributed by atoms with Gasteiger partial charge in [0.15, 0.2) is 0 Å². The highest BCUT2D eigenvalue weighted by molar-refractivity contribution is 7.88. The molecule has 0 spiro atoms. The maximum atomic E-state index is 13.0. The molecule has 0 radical (unpaired) electrons. The molecule has 0 N–H and O–H groups in total. The number of rotatable bonds is 3. The molecule has 2 fully saturated rings. The minimum Gasteiger partial charge on any atom is -0.295 e. The second-order valence-corrected chi connectivity index (χ2v) is 9.92. The average Bonchev–Trinajstić information content (AvgIpc) is 2.72. The van der Waals surface area contributed by atoms with Crippen LogP contribution in [0.5, 0.6) is 0 Å². The monoisotopic (exact) mass is 356 g/mol. The molecule has 1 aromatic carbocycles. The van der Waals surface area contributed by atoms with Gasteiger partial charge in [-0.1, -0.05) is 29.8 Å². The second-order valence-electron chi connectivity index (χ2n) is 7.64. The number of halogens is 1. The molecule has 2 heterocycles. The molecule has 0 aliphatic carbocycles. The molecule has 4 nitrogen and oxygen atoms in total. The lowest BCUT2D eigenvalue weighted by Crippen LogP contribution is -2.60. The summed E-state index contributed by atoms with van der Waals surface area (Å²) < 4.78 is 27.7. The number of fused-ring (bicyclic) bond motifs is 2. The Kier molecular flexibility index (Phi) is 4.51. The smallest absolute Gasteiger partial charge is 0.218 e. The number of hydrogen-bond acceptors (Lipinski definition) is 3. The predicted octanol–water partition coefficient (Wildman–Crippen LogP) is 3.12. The lowest BCUT2D eigenvalue weighted by atomic mass is 10.0. The van der Waals surface area contributed by atoms with E-state index in [0.29, 0.717) is 10.6 Å². The van der Waals surface area contributed by atoms with E-state index in [2.05, 4.69) is 25.7 Å². The van der Waals surface area contributed by atoms with Crippen molar-refractivity contribution < 1.29 is 8.42 Å². The fourth-order valence-electron chi connectivity index (χ4n) is 3.75. The Balaban J connectivity index is 1.81. The largest absolute Gasteiger partial charge is 0.295 e. The van der Waals surface area contributed by atoms with E-state index in [-0.39, 0.29) is 23.4 Å². The molecule has 2 atom stereocenters. The summed E-state index contributed by atoms with van der Waals surface area (Å²) in [5.74, 6) is -0.00477. The average molecular weight is 357 g/mol. The van der Waals surface area contributed by atoms with Crippen molar-refractivity contribution in [2.24, 2.45) is 0 Å². The van der Waals surface area contributed by atoms with E-state index in [1.807, 2.05) is 12.1 Å². The van der Waals surface area contributed by atoms with Gasteiger partial charge >= 0.3 is 0 Å². The fourth-order valence-corrected chi connectivity index (χ4v) is 6.08. The van der Waals surface area contributed by atoms with Gasteiger partial charge in [0.05, 0.1) is 5.75 Å². The summed E-state index contributed by atoms with van der Waals surface area (Å²) in [4.78, 5) is 2.41. The van der Waals surface area contributed by atoms with Crippen molar-refractivity contribution in [3.05, 3.63) is 34.9 Å². The van der Waals surface area contributed by atoms with Crippen LogP contribution in [0, 0.1) is 0 Å². The van der Waals surface area contributed by atoms with Crippen molar-refractivity contribution in [2.75, 3.05) is 13.1 Å². The minimum absolute atomic E-state index is 0.00477. The Morgan fingerprint density at radius 3 is 2.22 bits per heavy atom. The van der Waals surface area contributed by atoms with Gasteiger partial charge in [0.25, 0.3) is 0 Å². The van der Waals surface area contributed by atoms with Crippen molar-refractivity contribution in [1.82, 2.24) is 9.21 Å². The standard InChI is InChI=1S/C17H25ClN2O2S/c1-17(2,3)19-10-14-8-9-15(11-19)20(14)23(21,22)12-13-6-4-5-7-16(13)18/h4-7,14-15H,8-12H2,1-3H3. The third-order valence-electron chi connectivity index (χ3n) is 4.98. The summed E-state index contributed by atoms with van der Waals surface area (Å²) in [6, 6.07) is 7.40. The van der Waals surface area contributed by atoms with Gasteiger partial charge in [-0.05, 0) is 45.2 Å². The molecule has 23 heavy (non-hydrogen) atoms. The number of sulfonamides is 1. The first-order valence-electron chi connectivity index (χ1n) is 8.18. The van der Waals surface area contributed by atoms with Crippen LogP contribution < -0.4 is 0 Å². The number of likely N-dealkylation sites (tertiary alicyclic amines) is 1. The molecule has 2 bridgehead atoms. The summed E-state index contributed by atoms with van der Waals surface area (Å²) in [6.45, 7) is 8.23. The molecule has 2 saturated heterocycles. The number of benzene rings is 1. The van der Waals surface area contributed by atoms with Crippen molar-refractivity contribution in [3.63, 3.8) is 0 Å². The first-order valence-corrected chi connectivity index (χ1v) is 10.2. The van der Waals surface area contributed by atoms with Gasteiger partial charge in [-0.15, -0.1) is 0 Å². The molecular formula is C17H25ClN2O2S. The molecule has 2 unspecified atom stereocenters. The number of nitrogens with zero attached hydrogens (tertiary/aromatic N) is 2. The highest BCUT2D eigenvalue weighted by atomic mass is 35.5. The van der Waals surface area contributed by atoms with E-state index in [1.165, 1.54) is 0 Å². The maximum absolute atomic E-state index is 13.0. The van der Waals surface area contributed by atoms with Gasteiger partial charge in [-0.3, -0.25) is 4.90 Å². The lowest BCUT2D eigenvalue weighted by Gasteiger charge is -2.46. The zero-order chi connectivity index (χ0) is 16.8. The molecular weight excluding hydrogens is 332 g/mol. The lowest BCUT2D eigenvalue weighted by molar-refractivity contribution is 0.0546. The Morgan fingerprint density at radius 1 is 1.13 bits per heavy atom. The summed E-state index contributed by atoms with van der Waals surface area (Å²) in [5.41, 5.74) is 0.770. The van der Waals surface area contributed by atoms with Crippen LogP contribution in [0.2, 0.25) is 5.02 Å². The zero-order valence-electron chi connectivity index (χ0n) is 14.0. The molecule has 2 aliphatic rings. The van der Waals surface area contributed by atoms with Crippen LogP contribution >= 0.6 is 11.6 Å². The molecule has 0 saturated carbocycles. The van der Waals surface area contributed by atoms with Crippen LogP contribution in [0.3, 0.4) is 0 Å². The van der Waals surface area contributed by atoms with Crippen molar-refractivity contribution in [1.29, 1.82) is 0 Å². The summed E-state index contributed by atoms with van der Waals surface area (Å²) in [5, 5.41) is 0.525. The van der Waals surface area contributed by atoms with Crippen molar-refractivity contribution in [2.45, 2.75) is 57.0 Å². The Morgan fingerprint density at radius 2 is 1.70 bits per heavy atom. The first kappa shape index (κ1) is 17.2. The molecule has 0 aromatic heterocycles. The van der Waals surface area contributed by atoms with Crippen molar-refractivity contribution in [3.8, 4) is 0 Å². The van der Waals surface area contributed by atoms with Crippen LogP contribution in [0.1, 0.15) is 39.2 Å². The number of hydrogen-bond donors (Lipinski definition) is 0. The topological polar surface area (TPSA) is 40.6 Å². The van der Waals surface area contributed by atoms with Gasteiger partial charge in [-0.25, -0.2) is 8.42 Å². The molecule has 0 amide bonds. The quantitative estimate of drug-likeness (QED) is 0.835. The van der Waals surface area contributed by atoms with E-state index in [4.69, 9.17) is 11.6 Å². The SMILES string of the molecule is CC(C)(C)N1CC2CCC(C1)N2S(=O)(=O)Cc1ccccc1Cl. The molecule has 2 aliphatic heterocycles. The summed E-state index contributed by atoms with van der Waals surface area (Å²) in [6.07, 6.45) is 1.91. The van der Waals surface area contributed by atoms with Gasteiger partial charge in [0, 0.05) is 35.7 Å². The predicted molar refractivity (Wildman–Crippen MR) is 94.1 cm³/mol. The third kappa shape index (κ3) is 3.43. The van der Waals surface area contributed by atoms with E-state index >= 15 is 0 Å². The van der Waals surface area contributed by atoms with Gasteiger partial charge in [0.2, 0.25) is 10.0 Å². The molecule has 1 aromatic rings.